The summed E-state index contributed by atoms with van der Waals surface area (Å²) in [6, 6.07) is 17.2. The van der Waals surface area contributed by atoms with Crippen LogP contribution in [0.25, 0.3) is 0 Å². The van der Waals surface area contributed by atoms with E-state index in [1.54, 1.807) is 12.1 Å². The van der Waals surface area contributed by atoms with Gasteiger partial charge >= 0.3 is 0 Å². The first-order valence-electron chi connectivity index (χ1n) is 10.0. The largest absolute Gasteiger partial charge is 0.489 e. The zero-order valence-electron chi connectivity index (χ0n) is 17.1. The molecule has 0 radical (unpaired) electrons. The summed E-state index contributed by atoms with van der Waals surface area (Å²) in [6.07, 6.45) is 2.05. The summed E-state index contributed by atoms with van der Waals surface area (Å²) in [5, 5.41) is 5.77. The normalized spacial score (nSPS) is 14.3. The predicted octanol–water partition coefficient (Wildman–Crippen LogP) is 3.05. The van der Waals surface area contributed by atoms with E-state index in [9.17, 15) is 9.59 Å². The lowest BCUT2D eigenvalue weighted by Gasteiger charge is -2.16. The molecular weight excluding hydrogens is 366 g/mol. The standard InChI is InChI=1S/C23H29N3O3/c1-26(2)16-6-15-24-21(27)23(13-14-23)22(28)25-19-9-11-20(12-10-19)29-17-18-7-4-3-5-8-18/h3-5,7-12H,6,13-17H2,1-2H3,(H,24,27)(H,25,28). The minimum atomic E-state index is -0.916. The molecule has 2 aromatic carbocycles. The molecule has 1 aliphatic carbocycles. The smallest absolute Gasteiger partial charge is 0.240 e. The van der Waals surface area contributed by atoms with Crippen LogP contribution in [0.1, 0.15) is 24.8 Å². The van der Waals surface area contributed by atoms with E-state index >= 15 is 0 Å². The highest BCUT2D eigenvalue weighted by Crippen LogP contribution is 2.46. The van der Waals surface area contributed by atoms with Crippen LogP contribution in [0.15, 0.2) is 54.6 Å². The molecule has 2 N–H and O–H groups in total. The lowest BCUT2D eigenvalue weighted by Crippen LogP contribution is -2.40. The SMILES string of the molecule is CN(C)CCCNC(=O)C1(C(=O)Nc2ccc(OCc3ccccc3)cc2)CC1. The second-order valence-electron chi connectivity index (χ2n) is 7.75. The molecule has 0 spiro atoms. The summed E-state index contributed by atoms with van der Waals surface area (Å²) < 4.78 is 5.76. The van der Waals surface area contributed by atoms with Crippen molar-refractivity contribution in [1.29, 1.82) is 0 Å². The lowest BCUT2D eigenvalue weighted by molar-refractivity contribution is -0.134. The lowest BCUT2D eigenvalue weighted by atomic mass is 10.0. The number of ether oxygens (including phenoxy) is 1. The van der Waals surface area contributed by atoms with Crippen molar-refractivity contribution in [3.63, 3.8) is 0 Å². The number of anilines is 1. The number of benzene rings is 2. The third kappa shape index (κ3) is 5.81. The fourth-order valence-corrected chi connectivity index (χ4v) is 3.07. The molecule has 0 unspecified atom stereocenters. The van der Waals surface area contributed by atoms with Gasteiger partial charge in [0.1, 0.15) is 17.8 Å². The van der Waals surface area contributed by atoms with E-state index in [0.29, 0.717) is 31.7 Å². The molecule has 0 heterocycles. The molecule has 29 heavy (non-hydrogen) atoms. The number of amides is 2. The first-order valence-corrected chi connectivity index (χ1v) is 10.0. The van der Waals surface area contributed by atoms with E-state index in [1.807, 2.05) is 56.6 Å². The highest BCUT2D eigenvalue weighted by molar-refractivity contribution is 6.13. The molecule has 0 aliphatic heterocycles. The van der Waals surface area contributed by atoms with Crippen LogP contribution in [-0.4, -0.2) is 43.9 Å². The van der Waals surface area contributed by atoms with Crippen molar-refractivity contribution in [1.82, 2.24) is 10.2 Å². The van der Waals surface area contributed by atoms with Gasteiger partial charge in [-0.1, -0.05) is 30.3 Å². The van der Waals surface area contributed by atoms with Crippen LogP contribution in [0.4, 0.5) is 5.69 Å². The second kappa shape index (κ2) is 9.56. The van der Waals surface area contributed by atoms with Gasteiger partial charge in [-0.2, -0.15) is 0 Å². The molecule has 6 nitrogen and oxygen atoms in total. The summed E-state index contributed by atoms with van der Waals surface area (Å²) in [4.78, 5) is 27.2. The first kappa shape index (κ1) is 20.9. The predicted molar refractivity (Wildman–Crippen MR) is 114 cm³/mol. The third-order valence-electron chi connectivity index (χ3n) is 5.05. The average molecular weight is 396 g/mol. The number of hydrogen-bond acceptors (Lipinski definition) is 4. The highest BCUT2D eigenvalue weighted by Gasteiger charge is 2.56. The van der Waals surface area contributed by atoms with Crippen molar-refractivity contribution >= 4 is 17.5 Å². The van der Waals surface area contributed by atoms with Crippen LogP contribution in [0, 0.1) is 5.41 Å². The Kier molecular flexibility index (Phi) is 6.88. The number of carbonyl (C=O) groups excluding carboxylic acids is 2. The average Bonchev–Trinajstić information content (AvgIpc) is 3.53. The minimum Gasteiger partial charge on any atom is -0.489 e. The molecule has 6 heteroatoms. The fourth-order valence-electron chi connectivity index (χ4n) is 3.07. The van der Waals surface area contributed by atoms with Gasteiger partial charge in [0.15, 0.2) is 0 Å². The summed E-state index contributed by atoms with van der Waals surface area (Å²) in [5.41, 5.74) is 0.839. The maximum absolute atomic E-state index is 12.7. The van der Waals surface area contributed by atoms with Gasteiger partial charge in [0.05, 0.1) is 0 Å². The maximum Gasteiger partial charge on any atom is 0.240 e. The molecule has 0 aromatic heterocycles. The Bertz CT molecular complexity index is 815. The van der Waals surface area contributed by atoms with E-state index in [1.165, 1.54) is 0 Å². The number of nitrogens with one attached hydrogen (secondary N) is 2. The molecule has 154 valence electrons. The van der Waals surface area contributed by atoms with E-state index in [4.69, 9.17) is 4.74 Å². The van der Waals surface area contributed by atoms with Crippen molar-refractivity contribution < 1.29 is 14.3 Å². The second-order valence-corrected chi connectivity index (χ2v) is 7.75. The van der Waals surface area contributed by atoms with Crippen LogP contribution in [-0.2, 0) is 16.2 Å². The zero-order valence-corrected chi connectivity index (χ0v) is 17.1. The van der Waals surface area contributed by atoms with Crippen LogP contribution < -0.4 is 15.4 Å². The molecule has 0 atom stereocenters. The van der Waals surface area contributed by atoms with Crippen molar-refractivity contribution in [2.45, 2.75) is 25.9 Å². The Labute approximate surface area is 172 Å². The highest BCUT2D eigenvalue weighted by atomic mass is 16.5. The number of carbonyl (C=O) groups is 2. The Hall–Kier alpha value is -2.86. The van der Waals surface area contributed by atoms with Gasteiger partial charge in [-0.3, -0.25) is 9.59 Å². The number of hydrogen-bond donors (Lipinski definition) is 2. The van der Waals surface area contributed by atoms with Gasteiger partial charge in [-0.05, 0) is 69.7 Å². The summed E-state index contributed by atoms with van der Waals surface area (Å²) in [6.45, 7) is 1.97. The van der Waals surface area contributed by atoms with Gasteiger partial charge in [0.25, 0.3) is 0 Å². The summed E-state index contributed by atoms with van der Waals surface area (Å²) >= 11 is 0. The molecule has 3 rings (SSSR count). The van der Waals surface area contributed by atoms with E-state index < -0.39 is 5.41 Å². The number of nitrogens with zero attached hydrogens (tertiary/aromatic N) is 1. The molecule has 1 aliphatic rings. The number of rotatable bonds is 10. The van der Waals surface area contributed by atoms with Gasteiger partial charge in [0, 0.05) is 12.2 Å². The quantitative estimate of drug-likeness (QED) is 0.479. The fraction of sp³-hybridized carbons (Fsp3) is 0.391. The van der Waals surface area contributed by atoms with E-state index in [2.05, 4.69) is 15.5 Å². The maximum atomic E-state index is 12.7. The topological polar surface area (TPSA) is 70.7 Å². The third-order valence-corrected chi connectivity index (χ3v) is 5.05. The first-order chi connectivity index (χ1) is 14.0. The monoisotopic (exact) mass is 395 g/mol. The van der Waals surface area contributed by atoms with Gasteiger partial charge in [0.2, 0.25) is 11.8 Å². The Morgan fingerprint density at radius 1 is 1.00 bits per heavy atom. The van der Waals surface area contributed by atoms with Crippen molar-refractivity contribution in [2.24, 2.45) is 5.41 Å². The minimum absolute atomic E-state index is 0.170. The summed E-state index contributed by atoms with van der Waals surface area (Å²) in [5.74, 6) is 0.323. The van der Waals surface area contributed by atoms with Crippen LogP contribution in [0.5, 0.6) is 5.75 Å². The molecule has 2 aromatic rings. The molecule has 2 amide bonds. The van der Waals surface area contributed by atoms with E-state index in [0.717, 1.165) is 24.3 Å². The molecule has 1 fully saturated rings. The Morgan fingerprint density at radius 3 is 2.31 bits per heavy atom. The van der Waals surface area contributed by atoms with Gasteiger partial charge in [-0.15, -0.1) is 0 Å². The van der Waals surface area contributed by atoms with Crippen LogP contribution in [0.2, 0.25) is 0 Å². The Morgan fingerprint density at radius 2 is 1.69 bits per heavy atom. The molecule has 1 saturated carbocycles. The van der Waals surface area contributed by atoms with Crippen LogP contribution >= 0.6 is 0 Å². The van der Waals surface area contributed by atoms with Gasteiger partial charge < -0.3 is 20.3 Å². The Balaban J connectivity index is 1.48. The molecule has 0 saturated heterocycles. The van der Waals surface area contributed by atoms with Crippen LogP contribution in [0.3, 0.4) is 0 Å². The van der Waals surface area contributed by atoms with Gasteiger partial charge in [-0.25, -0.2) is 0 Å². The molecular formula is C23H29N3O3. The zero-order chi connectivity index (χ0) is 20.7. The summed E-state index contributed by atoms with van der Waals surface area (Å²) in [7, 11) is 3.99. The van der Waals surface area contributed by atoms with Crippen molar-refractivity contribution in [3.8, 4) is 5.75 Å². The van der Waals surface area contributed by atoms with Crippen molar-refractivity contribution in [3.05, 3.63) is 60.2 Å². The van der Waals surface area contributed by atoms with Crippen molar-refractivity contribution in [2.75, 3.05) is 32.5 Å². The molecule has 0 bridgehead atoms. The van der Waals surface area contributed by atoms with E-state index in [-0.39, 0.29) is 11.8 Å².